The van der Waals surface area contributed by atoms with Gasteiger partial charge in [0.1, 0.15) is 11.5 Å². The average molecular weight is 492 g/mol. The third-order valence-corrected chi connectivity index (χ3v) is 5.31. The first kappa shape index (κ1) is 25.1. The Morgan fingerprint density at radius 2 is 0.806 bits per heavy atom. The molecule has 2 nitrogen and oxygen atoms in total. The average Bonchev–Trinajstić information content (AvgIpc) is 2.66. The molecule has 0 aliphatic rings. The third-order valence-electron chi connectivity index (χ3n) is 5.31. The van der Waals surface area contributed by atoms with Crippen molar-refractivity contribution >= 4 is 21.5 Å². The van der Waals surface area contributed by atoms with Crippen LogP contribution in [0.4, 0.5) is 0 Å². The van der Waals surface area contributed by atoms with Gasteiger partial charge in [0.15, 0.2) is 0 Å². The zero-order valence-corrected chi connectivity index (χ0v) is 21.8. The first-order valence-electron chi connectivity index (χ1n) is 10.4. The van der Waals surface area contributed by atoms with E-state index in [1.807, 2.05) is 36.4 Å². The molecule has 0 fully saturated rings. The van der Waals surface area contributed by atoms with Crippen LogP contribution in [0.3, 0.4) is 0 Å². The van der Waals surface area contributed by atoms with Crippen LogP contribution in [0.1, 0.15) is 52.7 Å². The van der Waals surface area contributed by atoms with E-state index in [9.17, 15) is 10.2 Å². The van der Waals surface area contributed by atoms with Crippen molar-refractivity contribution in [1.29, 1.82) is 0 Å². The van der Waals surface area contributed by atoms with Gasteiger partial charge in [0, 0.05) is 37.3 Å². The van der Waals surface area contributed by atoms with Crippen molar-refractivity contribution in [1.82, 2.24) is 0 Å². The van der Waals surface area contributed by atoms with E-state index in [0.717, 1.165) is 21.9 Å². The molecule has 0 atom stereocenters. The van der Waals surface area contributed by atoms with Gasteiger partial charge in [0.05, 0.1) is 0 Å². The van der Waals surface area contributed by atoms with Gasteiger partial charge in [-0.2, -0.15) is 0 Å². The van der Waals surface area contributed by atoms with Gasteiger partial charge in [-0.15, -0.1) is 0 Å². The van der Waals surface area contributed by atoms with Crippen LogP contribution in [0.5, 0.6) is 11.5 Å². The second-order valence-electron chi connectivity index (χ2n) is 9.86. The van der Waals surface area contributed by atoms with Gasteiger partial charge in [-0.25, -0.2) is 0 Å². The van der Waals surface area contributed by atoms with Crippen molar-refractivity contribution in [3.8, 4) is 11.5 Å². The normalized spacial score (nSPS) is 11.5. The number of phenolic OH excluding ortho intramolecular Hbond substituents is 2. The molecule has 0 aliphatic heterocycles. The van der Waals surface area contributed by atoms with Gasteiger partial charge in [-0.3, -0.25) is 0 Å². The van der Waals surface area contributed by atoms with Crippen LogP contribution < -0.4 is 0 Å². The molecule has 2 N–H and O–H groups in total. The summed E-state index contributed by atoms with van der Waals surface area (Å²) in [6.45, 7) is 12.7. The Morgan fingerprint density at radius 3 is 1.13 bits per heavy atom. The largest absolute Gasteiger partial charge is 0.508 e. The Labute approximate surface area is 205 Å². The zero-order chi connectivity index (χ0) is 22.1. The molecule has 0 amide bonds. The van der Waals surface area contributed by atoms with E-state index in [1.165, 1.54) is 10.8 Å². The van der Waals surface area contributed by atoms with Crippen LogP contribution in [-0.2, 0) is 37.0 Å². The Bertz CT molecular complexity index is 1090. The number of hydrogen-bond acceptors (Lipinski definition) is 2. The standard InChI is InChI=1S/2C14H16O.Zr/c2*1-14(2,3)13-11-7-5-4-6-10(11)8-9-12(13)15;/h2*4-9,15H,1-3H3;. The summed E-state index contributed by atoms with van der Waals surface area (Å²) in [5, 5.41) is 24.5. The summed E-state index contributed by atoms with van der Waals surface area (Å²) in [6.07, 6.45) is 0. The Kier molecular flexibility index (Phi) is 7.76. The number of benzene rings is 4. The maximum absolute atomic E-state index is 9.94. The molecule has 0 bridgehead atoms. The first-order valence-corrected chi connectivity index (χ1v) is 10.4. The Hall–Kier alpha value is -2.12. The fourth-order valence-corrected chi connectivity index (χ4v) is 4.10. The molecule has 0 spiro atoms. The van der Waals surface area contributed by atoms with Crippen molar-refractivity contribution in [2.45, 2.75) is 52.4 Å². The predicted molar refractivity (Wildman–Crippen MR) is 129 cm³/mol. The molecule has 4 aromatic carbocycles. The fourth-order valence-electron chi connectivity index (χ4n) is 4.10. The second-order valence-corrected chi connectivity index (χ2v) is 9.86. The van der Waals surface area contributed by atoms with Crippen LogP contribution in [0.15, 0.2) is 72.8 Å². The molecule has 160 valence electrons. The summed E-state index contributed by atoms with van der Waals surface area (Å²) in [5.41, 5.74) is 1.98. The van der Waals surface area contributed by atoms with Crippen molar-refractivity contribution in [3.05, 3.63) is 83.9 Å². The summed E-state index contributed by atoms with van der Waals surface area (Å²) in [5.74, 6) is 0.780. The molecule has 4 rings (SSSR count). The summed E-state index contributed by atoms with van der Waals surface area (Å²) < 4.78 is 0. The van der Waals surface area contributed by atoms with Crippen molar-refractivity contribution in [3.63, 3.8) is 0 Å². The quantitative estimate of drug-likeness (QED) is 0.265. The van der Waals surface area contributed by atoms with Crippen molar-refractivity contribution < 1.29 is 36.4 Å². The van der Waals surface area contributed by atoms with E-state index < -0.39 is 0 Å². The van der Waals surface area contributed by atoms with E-state index in [-0.39, 0.29) is 37.0 Å². The van der Waals surface area contributed by atoms with Gasteiger partial charge < -0.3 is 10.2 Å². The topological polar surface area (TPSA) is 40.5 Å². The van der Waals surface area contributed by atoms with Crippen LogP contribution in [0.2, 0.25) is 0 Å². The van der Waals surface area contributed by atoms with Gasteiger partial charge in [-0.05, 0) is 44.5 Å². The molecule has 0 heterocycles. The first-order chi connectivity index (χ1) is 14.0. The van der Waals surface area contributed by atoms with Crippen molar-refractivity contribution in [2.24, 2.45) is 0 Å². The molecule has 0 saturated heterocycles. The monoisotopic (exact) mass is 490 g/mol. The smallest absolute Gasteiger partial charge is 0.119 e. The molecule has 0 unspecified atom stereocenters. The predicted octanol–water partition coefficient (Wildman–Crippen LogP) is 7.68. The second kappa shape index (κ2) is 9.57. The summed E-state index contributed by atoms with van der Waals surface area (Å²) >= 11 is 0. The molecule has 31 heavy (non-hydrogen) atoms. The number of phenols is 2. The van der Waals surface area contributed by atoms with Crippen LogP contribution in [0, 0.1) is 0 Å². The number of hydrogen-bond donors (Lipinski definition) is 2. The molecular weight excluding hydrogens is 460 g/mol. The molecular formula is C28H32O2Zr. The fraction of sp³-hybridized carbons (Fsp3) is 0.286. The van der Waals surface area contributed by atoms with Crippen molar-refractivity contribution in [2.75, 3.05) is 0 Å². The van der Waals surface area contributed by atoms with Gasteiger partial charge >= 0.3 is 0 Å². The van der Waals surface area contributed by atoms with E-state index >= 15 is 0 Å². The van der Waals surface area contributed by atoms with E-state index in [0.29, 0.717) is 11.5 Å². The Morgan fingerprint density at radius 1 is 0.484 bits per heavy atom. The van der Waals surface area contributed by atoms with E-state index in [4.69, 9.17) is 0 Å². The summed E-state index contributed by atoms with van der Waals surface area (Å²) in [4.78, 5) is 0. The molecule has 0 aromatic heterocycles. The number of aromatic hydroxyl groups is 2. The van der Waals surface area contributed by atoms with Gasteiger partial charge in [-0.1, -0.05) is 102 Å². The molecule has 3 heteroatoms. The van der Waals surface area contributed by atoms with E-state index in [2.05, 4.69) is 65.8 Å². The zero-order valence-electron chi connectivity index (χ0n) is 19.3. The van der Waals surface area contributed by atoms with E-state index in [1.54, 1.807) is 12.1 Å². The minimum Gasteiger partial charge on any atom is -0.508 e. The maximum Gasteiger partial charge on any atom is 0.119 e. The third kappa shape index (κ3) is 5.58. The molecule has 4 aromatic rings. The minimum atomic E-state index is -0.0368. The van der Waals surface area contributed by atoms with Crippen LogP contribution in [0.25, 0.3) is 21.5 Å². The summed E-state index contributed by atoms with van der Waals surface area (Å²) in [7, 11) is 0. The minimum absolute atomic E-state index is 0. The Balaban J connectivity index is 0.000000213. The SMILES string of the molecule is CC(C)(C)c1c(O)ccc2ccccc12.CC(C)(C)c1c(O)ccc2ccccc12.[Zr]. The van der Waals surface area contributed by atoms with Gasteiger partial charge in [0.25, 0.3) is 0 Å². The molecule has 0 aliphatic carbocycles. The van der Waals surface area contributed by atoms with Crippen LogP contribution >= 0.6 is 0 Å². The van der Waals surface area contributed by atoms with Gasteiger partial charge in [0.2, 0.25) is 0 Å². The summed E-state index contributed by atoms with van der Waals surface area (Å²) in [6, 6.07) is 23.8. The molecule has 0 saturated carbocycles. The number of fused-ring (bicyclic) bond motifs is 2. The number of rotatable bonds is 0. The van der Waals surface area contributed by atoms with Crippen LogP contribution in [-0.4, -0.2) is 10.2 Å². The maximum atomic E-state index is 9.94. The molecule has 0 radical (unpaired) electrons.